The second kappa shape index (κ2) is 7.14. The zero-order chi connectivity index (χ0) is 21.5. The molecule has 0 aliphatic heterocycles. The SMILES string of the molecule is Cc1cc(NC(=O)c2c(O)nc3ccc(-c4ccccc4C(F)(F)F)nn23)ccn1. The molecule has 0 saturated carbocycles. The Labute approximate surface area is 167 Å². The highest BCUT2D eigenvalue weighted by atomic mass is 19.4. The van der Waals surface area contributed by atoms with Gasteiger partial charge in [-0.15, -0.1) is 0 Å². The summed E-state index contributed by atoms with van der Waals surface area (Å²) in [5.74, 6) is -1.31. The first kappa shape index (κ1) is 19.4. The number of carbonyl (C=O) groups excluding carboxylic acids is 1. The number of benzene rings is 1. The first-order valence-electron chi connectivity index (χ1n) is 8.73. The van der Waals surface area contributed by atoms with Gasteiger partial charge in [0.25, 0.3) is 5.91 Å². The standard InChI is InChI=1S/C20H14F3N5O2/c1-11-10-12(8-9-24-11)25-18(29)17-19(30)26-16-7-6-15(27-28(16)17)13-4-2-3-5-14(13)20(21,22)23/h2-10,30H,1H3,(H,24,25,29). The maximum absolute atomic E-state index is 13.4. The van der Waals surface area contributed by atoms with Gasteiger partial charge in [-0.05, 0) is 37.3 Å². The van der Waals surface area contributed by atoms with E-state index in [-0.39, 0.29) is 22.6 Å². The zero-order valence-electron chi connectivity index (χ0n) is 15.5. The Kier molecular flexibility index (Phi) is 4.61. The summed E-state index contributed by atoms with van der Waals surface area (Å²) in [7, 11) is 0. The lowest BCUT2D eigenvalue weighted by Crippen LogP contribution is -2.16. The number of pyridine rings is 1. The second-order valence-electron chi connectivity index (χ2n) is 6.46. The molecule has 30 heavy (non-hydrogen) atoms. The molecule has 0 unspecified atom stereocenters. The molecular weight excluding hydrogens is 399 g/mol. The minimum Gasteiger partial charge on any atom is -0.492 e. The number of nitrogens with one attached hydrogen (secondary N) is 1. The van der Waals surface area contributed by atoms with Crippen molar-refractivity contribution >= 4 is 17.2 Å². The Morgan fingerprint density at radius 1 is 1.13 bits per heavy atom. The van der Waals surface area contributed by atoms with Crippen LogP contribution in [0, 0.1) is 6.92 Å². The molecule has 4 rings (SSSR count). The monoisotopic (exact) mass is 413 g/mol. The van der Waals surface area contributed by atoms with Crippen LogP contribution in [0.25, 0.3) is 16.9 Å². The molecule has 2 N–H and O–H groups in total. The van der Waals surface area contributed by atoms with Crippen LogP contribution in [0.5, 0.6) is 5.88 Å². The second-order valence-corrected chi connectivity index (χ2v) is 6.46. The van der Waals surface area contributed by atoms with Gasteiger partial charge in [0.1, 0.15) is 0 Å². The van der Waals surface area contributed by atoms with Crippen LogP contribution in [0.15, 0.2) is 54.7 Å². The van der Waals surface area contributed by atoms with Crippen LogP contribution in [-0.2, 0) is 6.18 Å². The summed E-state index contributed by atoms with van der Waals surface area (Å²) in [6, 6.07) is 10.9. The van der Waals surface area contributed by atoms with E-state index in [4.69, 9.17) is 0 Å². The topological polar surface area (TPSA) is 92.4 Å². The van der Waals surface area contributed by atoms with E-state index in [0.717, 1.165) is 10.6 Å². The van der Waals surface area contributed by atoms with E-state index in [2.05, 4.69) is 20.4 Å². The summed E-state index contributed by atoms with van der Waals surface area (Å²) in [6.45, 7) is 1.74. The van der Waals surface area contributed by atoms with Gasteiger partial charge >= 0.3 is 6.18 Å². The molecule has 0 spiro atoms. The lowest BCUT2D eigenvalue weighted by atomic mass is 10.0. The summed E-state index contributed by atoms with van der Waals surface area (Å²) in [6.07, 6.45) is -3.08. The predicted octanol–water partition coefficient (Wildman–Crippen LogP) is 4.08. The summed E-state index contributed by atoms with van der Waals surface area (Å²) in [5, 5.41) is 16.9. The predicted molar refractivity (Wildman–Crippen MR) is 102 cm³/mol. The van der Waals surface area contributed by atoms with Gasteiger partial charge in [0, 0.05) is 23.1 Å². The zero-order valence-corrected chi connectivity index (χ0v) is 15.5. The first-order chi connectivity index (χ1) is 14.2. The smallest absolute Gasteiger partial charge is 0.417 e. The number of hydrogen-bond donors (Lipinski definition) is 2. The molecule has 0 fully saturated rings. The summed E-state index contributed by atoms with van der Waals surface area (Å²) >= 11 is 0. The van der Waals surface area contributed by atoms with Crippen molar-refractivity contribution in [3.8, 4) is 17.1 Å². The summed E-state index contributed by atoms with van der Waals surface area (Å²) in [4.78, 5) is 20.6. The van der Waals surface area contributed by atoms with E-state index in [1.165, 1.54) is 36.5 Å². The van der Waals surface area contributed by atoms with Gasteiger partial charge in [0.2, 0.25) is 5.88 Å². The molecule has 3 aromatic heterocycles. The van der Waals surface area contributed by atoms with Crippen LogP contribution in [0.2, 0.25) is 0 Å². The van der Waals surface area contributed by atoms with Gasteiger partial charge in [-0.25, -0.2) is 4.52 Å². The van der Waals surface area contributed by atoms with Crippen molar-refractivity contribution in [3.63, 3.8) is 0 Å². The number of amides is 1. The number of halogens is 3. The van der Waals surface area contributed by atoms with Crippen LogP contribution >= 0.6 is 0 Å². The van der Waals surface area contributed by atoms with Crippen LogP contribution in [0.1, 0.15) is 21.7 Å². The molecule has 0 radical (unpaired) electrons. The highest BCUT2D eigenvalue weighted by Gasteiger charge is 2.34. The first-order valence-corrected chi connectivity index (χ1v) is 8.73. The molecule has 10 heteroatoms. The van der Waals surface area contributed by atoms with E-state index in [1.54, 1.807) is 19.1 Å². The quantitative estimate of drug-likeness (QED) is 0.528. The van der Waals surface area contributed by atoms with Crippen LogP contribution in [0.4, 0.5) is 18.9 Å². The number of aryl methyl sites for hydroxylation is 1. The molecule has 7 nitrogen and oxygen atoms in total. The van der Waals surface area contributed by atoms with Crippen LogP contribution < -0.4 is 5.32 Å². The number of aromatic hydroxyl groups is 1. The number of aromatic nitrogens is 4. The van der Waals surface area contributed by atoms with Gasteiger partial charge in [0.15, 0.2) is 11.3 Å². The molecule has 1 aromatic carbocycles. The van der Waals surface area contributed by atoms with Crippen molar-refractivity contribution in [2.75, 3.05) is 5.32 Å². The molecule has 1 amide bonds. The highest BCUT2D eigenvalue weighted by molar-refractivity contribution is 6.05. The Bertz CT molecular complexity index is 1270. The fourth-order valence-electron chi connectivity index (χ4n) is 3.03. The third-order valence-corrected chi connectivity index (χ3v) is 4.34. The van der Waals surface area contributed by atoms with Crippen molar-refractivity contribution < 1.29 is 23.1 Å². The number of fused-ring (bicyclic) bond motifs is 1. The normalized spacial score (nSPS) is 11.6. The van der Waals surface area contributed by atoms with Crippen LogP contribution in [0.3, 0.4) is 0 Å². The molecule has 152 valence electrons. The lowest BCUT2D eigenvalue weighted by Gasteiger charge is -2.12. The van der Waals surface area contributed by atoms with Crippen LogP contribution in [-0.4, -0.2) is 30.6 Å². The van der Waals surface area contributed by atoms with Gasteiger partial charge in [0.05, 0.1) is 11.3 Å². The molecule has 4 aromatic rings. The van der Waals surface area contributed by atoms with Gasteiger partial charge < -0.3 is 10.4 Å². The number of imidazole rings is 1. The number of nitrogens with zero attached hydrogens (tertiary/aromatic N) is 4. The maximum Gasteiger partial charge on any atom is 0.417 e. The lowest BCUT2D eigenvalue weighted by molar-refractivity contribution is -0.137. The summed E-state index contributed by atoms with van der Waals surface area (Å²) in [5.41, 5.74) is -0.139. The summed E-state index contributed by atoms with van der Waals surface area (Å²) < 4.78 is 41.1. The Balaban J connectivity index is 1.80. The number of hydrogen-bond acceptors (Lipinski definition) is 5. The number of rotatable bonds is 3. The third kappa shape index (κ3) is 3.54. The average molecular weight is 413 g/mol. The molecule has 0 aliphatic rings. The van der Waals surface area contributed by atoms with Crippen molar-refractivity contribution in [1.82, 2.24) is 19.6 Å². The molecule has 0 aliphatic carbocycles. The van der Waals surface area contributed by atoms with E-state index in [1.807, 2.05) is 0 Å². The number of alkyl halides is 3. The van der Waals surface area contributed by atoms with Crippen molar-refractivity contribution in [1.29, 1.82) is 0 Å². The molecule has 3 heterocycles. The maximum atomic E-state index is 13.4. The largest absolute Gasteiger partial charge is 0.492 e. The van der Waals surface area contributed by atoms with Gasteiger partial charge in [-0.2, -0.15) is 23.3 Å². The van der Waals surface area contributed by atoms with E-state index >= 15 is 0 Å². The molecule has 0 bridgehead atoms. The van der Waals surface area contributed by atoms with Crippen molar-refractivity contribution in [2.24, 2.45) is 0 Å². The average Bonchev–Trinajstić information content (AvgIpc) is 3.02. The van der Waals surface area contributed by atoms with Gasteiger partial charge in [-0.1, -0.05) is 18.2 Å². The number of anilines is 1. The minimum absolute atomic E-state index is 0.0263. The van der Waals surface area contributed by atoms with Crippen molar-refractivity contribution in [2.45, 2.75) is 13.1 Å². The molecule has 0 atom stereocenters. The Morgan fingerprint density at radius 2 is 1.90 bits per heavy atom. The highest BCUT2D eigenvalue weighted by Crippen LogP contribution is 2.36. The van der Waals surface area contributed by atoms with E-state index < -0.39 is 23.5 Å². The number of carbonyl (C=O) groups is 1. The molecular formula is C20H14F3N5O2. The van der Waals surface area contributed by atoms with Crippen molar-refractivity contribution in [3.05, 3.63) is 71.7 Å². The minimum atomic E-state index is -4.58. The molecule has 0 saturated heterocycles. The fourth-order valence-corrected chi connectivity index (χ4v) is 3.03. The third-order valence-electron chi connectivity index (χ3n) is 4.34. The van der Waals surface area contributed by atoms with E-state index in [0.29, 0.717) is 11.4 Å². The fraction of sp³-hybridized carbons (Fsp3) is 0.100. The van der Waals surface area contributed by atoms with E-state index in [9.17, 15) is 23.1 Å². The van der Waals surface area contributed by atoms with Gasteiger partial charge in [-0.3, -0.25) is 9.78 Å². The Morgan fingerprint density at radius 3 is 2.63 bits per heavy atom. The Hall–Kier alpha value is -3.95.